The summed E-state index contributed by atoms with van der Waals surface area (Å²) in [5.74, 6) is 0.925. The molecule has 1 aliphatic rings. The smallest absolute Gasteiger partial charge is 0.146 e. The van der Waals surface area contributed by atoms with Crippen LogP contribution in [0.5, 0.6) is 0 Å². The molecule has 3 N–H and O–H groups in total. The zero-order valence-electron chi connectivity index (χ0n) is 9.17. The van der Waals surface area contributed by atoms with Gasteiger partial charge in [0.05, 0.1) is 5.39 Å². The first-order valence-electron chi connectivity index (χ1n) is 5.58. The minimum atomic E-state index is 0.272. The summed E-state index contributed by atoms with van der Waals surface area (Å²) in [5.41, 5.74) is 6.72. The molecule has 5 nitrogen and oxygen atoms in total. The minimum Gasteiger partial charge on any atom is -0.396 e. The van der Waals surface area contributed by atoms with Crippen molar-refractivity contribution in [1.29, 1.82) is 0 Å². The van der Waals surface area contributed by atoms with Crippen molar-refractivity contribution in [1.82, 2.24) is 14.5 Å². The maximum absolute atomic E-state index is 9.05. The summed E-state index contributed by atoms with van der Waals surface area (Å²) in [7, 11) is 0. The number of nitrogen functional groups attached to an aromatic ring is 1. The Bertz CT molecular complexity index is 562. The zero-order valence-corrected chi connectivity index (χ0v) is 10.8. The van der Waals surface area contributed by atoms with Gasteiger partial charge in [0.1, 0.15) is 17.8 Å². The molecular formula is C11H13BrN4O. The molecule has 0 aliphatic heterocycles. The van der Waals surface area contributed by atoms with E-state index in [1.165, 1.54) is 6.33 Å². The summed E-state index contributed by atoms with van der Waals surface area (Å²) in [6.07, 6.45) is 5.49. The zero-order chi connectivity index (χ0) is 12.0. The maximum atomic E-state index is 9.05. The highest BCUT2D eigenvalue weighted by atomic mass is 79.9. The summed E-state index contributed by atoms with van der Waals surface area (Å²) in [5, 5.41) is 9.92. The number of halogens is 1. The molecule has 0 unspecified atom stereocenters. The number of aliphatic hydroxyl groups excluding tert-OH is 1. The first-order valence-corrected chi connectivity index (χ1v) is 6.37. The highest BCUT2D eigenvalue weighted by molar-refractivity contribution is 9.10. The van der Waals surface area contributed by atoms with E-state index in [9.17, 15) is 0 Å². The Morgan fingerprint density at radius 3 is 2.94 bits per heavy atom. The standard InChI is InChI=1S/C11H13BrN4O/c12-8-3-16(7-1-6(2-7)4-17)11-9(8)10(13)14-5-15-11/h3,5-7,17H,1-2,4H2,(H2,13,14,15). The molecule has 0 amide bonds. The normalized spacial score (nSPS) is 23.9. The van der Waals surface area contributed by atoms with Crippen LogP contribution in [0, 0.1) is 5.92 Å². The Labute approximate surface area is 107 Å². The van der Waals surface area contributed by atoms with Crippen LogP contribution in [0.1, 0.15) is 18.9 Å². The van der Waals surface area contributed by atoms with E-state index in [0.717, 1.165) is 28.3 Å². The molecule has 2 heterocycles. The Hall–Kier alpha value is -1.14. The topological polar surface area (TPSA) is 77.0 Å². The summed E-state index contributed by atoms with van der Waals surface area (Å²) < 4.78 is 3.06. The third kappa shape index (κ3) is 1.63. The molecule has 1 aliphatic carbocycles. The van der Waals surface area contributed by atoms with Crippen LogP contribution < -0.4 is 5.73 Å². The lowest BCUT2D eigenvalue weighted by molar-refractivity contribution is 0.114. The van der Waals surface area contributed by atoms with Crippen LogP contribution in [-0.4, -0.2) is 26.2 Å². The van der Waals surface area contributed by atoms with Gasteiger partial charge < -0.3 is 15.4 Å². The number of aliphatic hydroxyl groups is 1. The number of hydrogen-bond donors (Lipinski definition) is 2. The van der Waals surface area contributed by atoms with E-state index in [4.69, 9.17) is 10.8 Å². The number of hydrogen-bond acceptors (Lipinski definition) is 4. The van der Waals surface area contributed by atoms with E-state index in [0.29, 0.717) is 17.8 Å². The molecule has 1 saturated carbocycles. The van der Waals surface area contributed by atoms with E-state index in [-0.39, 0.29) is 6.61 Å². The van der Waals surface area contributed by atoms with Gasteiger partial charge in [-0.25, -0.2) is 9.97 Å². The van der Waals surface area contributed by atoms with Gasteiger partial charge >= 0.3 is 0 Å². The first-order chi connectivity index (χ1) is 8.20. The molecular weight excluding hydrogens is 284 g/mol. The quantitative estimate of drug-likeness (QED) is 0.885. The molecule has 2 aromatic heterocycles. The summed E-state index contributed by atoms with van der Waals surface area (Å²) in [6.45, 7) is 0.272. The summed E-state index contributed by atoms with van der Waals surface area (Å²) >= 11 is 3.49. The lowest BCUT2D eigenvalue weighted by Crippen LogP contribution is -2.28. The van der Waals surface area contributed by atoms with Crippen LogP contribution in [0.3, 0.4) is 0 Å². The predicted octanol–water partition coefficient (Wildman–Crippen LogP) is 1.72. The number of anilines is 1. The second-order valence-corrected chi connectivity index (χ2v) is 5.37. The summed E-state index contributed by atoms with van der Waals surface area (Å²) in [4.78, 5) is 8.30. The highest BCUT2D eigenvalue weighted by Crippen LogP contribution is 2.41. The Kier molecular flexibility index (Phi) is 2.56. The SMILES string of the molecule is Nc1ncnc2c1c(Br)cn2C1CC(CO)C1. The number of aromatic nitrogens is 3. The maximum Gasteiger partial charge on any atom is 0.146 e. The first kappa shape index (κ1) is 11.0. The van der Waals surface area contributed by atoms with Gasteiger partial charge in [-0.1, -0.05) is 0 Å². The van der Waals surface area contributed by atoms with Crippen LogP contribution in [0.15, 0.2) is 17.0 Å². The van der Waals surface area contributed by atoms with Gasteiger partial charge in [-0.2, -0.15) is 0 Å². The van der Waals surface area contributed by atoms with E-state index in [1.807, 2.05) is 6.20 Å². The molecule has 90 valence electrons. The summed E-state index contributed by atoms with van der Waals surface area (Å²) in [6, 6.07) is 0.412. The third-order valence-electron chi connectivity index (χ3n) is 3.45. The highest BCUT2D eigenvalue weighted by Gasteiger charge is 2.31. The van der Waals surface area contributed by atoms with Crippen molar-refractivity contribution in [2.75, 3.05) is 12.3 Å². The number of nitrogens with two attached hydrogens (primary N) is 1. The molecule has 0 spiro atoms. The van der Waals surface area contributed by atoms with E-state index in [1.54, 1.807) is 0 Å². The van der Waals surface area contributed by atoms with Crippen LogP contribution in [0.2, 0.25) is 0 Å². The molecule has 0 atom stereocenters. The Balaban J connectivity index is 2.04. The van der Waals surface area contributed by atoms with Crippen LogP contribution in [0.4, 0.5) is 5.82 Å². The molecule has 0 aromatic carbocycles. The van der Waals surface area contributed by atoms with Crippen molar-refractivity contribution in [3.8, 4) is 0 Å². The monoisotopic (exact) mass is 296 g/mol. The fourth-order valence-electron chi connectivity index (χ4n) is 2.42. The van der Waals surface area contributed by atoms with Gasteiger partial charge in [0.25, 0.3) is 0 Å². The average Bonchev–Trinajstić information content (AvgIpc) is 2.56. The molecule has 1 fully saturated rings. The predicted molar refractivity (Wildman–Crippen MR) is 68.5 cm³/mol. The van der Waals surface area contributed by atoms with E-state index < -0.39 is 0 Å². The Morgan fingerprint density at radius 1 is 1.47 bits per heavy atom. The Morgan fingerprint density at radius 2 is 2.24 bits per heavy atom. The van der Waals surface area contributed by atoms with Gasteiger partial charge in [-0.15, -0.1) is 0 Å². The average molecular weight is 297 g/mol. The van der Waals surface area contributed by atoms with Crippen molar-refractivity contribution in [3.63, 3.8) is 0 Å². The molecule has 17 heavy (non-hydrogen) atoms. The second kappa shape index (κ2) is 3.96. The molecule has 3 rings (SSSR count). The van der Waals surface area contributed by atoms with E-state index >= 15 is 0 Å². The van der Waals surface area contributed by atoms with E-state index in [2.05, 4.69) is 30.5 Å². The largest absolute Gasteiger partial charge is 0.396 e. The number of fused-ring (bicyclic) bond motifs is 1. The van der Waals surface area contributed by atoms with Crippen LogP contribution in [0.25, 0.3) is 11.0 Å². The fourth-order valence-corrected chi connectivity index (χ4v) is 3.02. The van der Waals surface area contributed by atoms with Gasteiger partial charge in [0, 0.05) is 23.3 Å². The number of nitrogens with zero attached hydrogens (tertiary/aromatic N) is 3. The third-order valence-corrected chi connectivity index (χ3v) is 4.06. The van der Waals surface area contributed by atoms with Crippen molar-refractivity contribution in [2.24, 2.45) is 5.92 Å². The molecule has 0 saturated heterocycles. The molecule has 6 heteroatoms. The van der Waals surface area contributed by atoms with Gasteiger partial charge in [0.2, 0.25) is 0 Å². The molecule has 0 bridgehead atoms. The van der Waals surface area contributed by atoms with Crippen LogP contribution in [-0.2, 0) is 0 Å². The van der Waals surface area contributed by atoms with Gasteiger partial charge in [-0.3, -0.25) is 0 Å². The number of rotatable bonds is 2. The molecule has 2 aromatic rings. The van der Waals surface area contributed by atoms with Gasteiger partial charge in [-0.05, 0) is 34.7 Å². The minimum absolute atomic E-state index is 0.272. The van der Waals surface area contributed by atoms with Gasteiger partial charge in [0.15, 0.2) is 0 Å². The lowest BCUT2D eigenvalue weighted by atomic mass is 9.81. The lowest BCUT2D eigenvalue weighted by Gasteiger charge is -2.35. The molecule has 0 radical (unpaired) electrons. The van der Waals surface area contributed by atoms with Crippen molar-refractivity contribution < 1.29 is 5.11 Å². The fraction of sp³-hybridized carbons (Fsp3) is 0.455. The van der Waals surface area contributed by atoms with Crippen molar-refractivity contribution in [3.05, 3.63) is 17.0 Å². The van der Waals surface area contributed by atoms with Crippen molar-refractivity contribution in [2.45, 2.75) is 18.9 Å². The second-order valence-electron chi connectivity index (χ2n) is 4.52. The van der Waals surface area contributed by atoms with Crippen molar-refractivity contribution >= 4 is 32.8 Å². The van der Waals surface area contributed by atoms with Crippen LogP contribution >= 0.6 is 15.9 Å².